The van der Waals surface area contributed by atoms with Crippen molar-refractivity contribution in [3.63, 3.8) is 0 Å². The lowest BCUT2D eigenvalue weighted by Gasteiger charge is -2.44. The van der Waals surface area contributed by atoms with Gasteiger partial charge in [-0.05, 0) is 64.0 Å². The van der Waals surface area contributed by atoms with Crippen molar-refractivity contribution >= 4 is 23.5 Å². The van der Waals surface area contributed by atoms with Crippen LogP contribution in [0.4, 0.5) is 0 Å². The first kappa shape index (κ1) is 26.5. The number of piperidine rings is 1. The van der Waals surface area contributed by atoms with Gasteiger partial charge in [-0.3, -0.25) is 19.0 Å². The van der Waals surface area contributed by atoms with Crippen molar-refractivity contribution in [1.82, 2.24) is 29.3 Å². The van der Waals surface area contributed by atoms with Crippen LogP contribution < -0.4 is 10.9 Å². The Labute approximate surface area is 223 Å². The number of aromatic nitrogens is 3. The maximum atomic E-state index is 13.5. The number of hydrogen-bond acceptors (Lipinski definition) is 6. The van der Waals surface area contributed by atoms with E-state index < -0.39 is 11.5 Å². The average Bonchev–Trinajstić information content (AvgIpc) is 3.50. The molecule has 0 unspecified atom stereocenters. The van der Waals surface area contributed by atoms with Crippen LogP contribution in [-0.2, 0) is 11.3 Å². The van der Waals surface area contributed by atoms with Gasteiger partial charge in [0.15, 0.2) is 5.56 Å². The number of carbonyl (C=O) groups is 2. The Morgan fingerprint density at radius 1 is 1.18 bits per heavy atom. The van der Waals surface area contributed by atoms with Crippen molar-refractivity contribution in [2.24, 2.45) is 5.92 Å². The molecule has 10 heteroatoms. The Kier molecular flexibility index (Phi) is 7.11. The quantitative estimate of drug-likeness (QED) is 0.539. The van der Waals surface area contributed by atoms with Crippen molar-refractivity contribution in [2.75, 3.05) is 26.2 Å². The van der Waals surface area contributed by atoms with E-state index in [2.05, 4.69) is 22.2 Å². The normalized spacial score (nSPS) is 19.9. The third-order valence-electron chi connectivity index (χ3n) is 8.40. The zero-order chi connectivity index (χ0) is 27.2. The van der Waals surface area contributed by atoms with Gasteiger partial charge >= 0.3 is 0 Å². The predicted octanol–water partition coefficient (Wildman–Crippen LogP) is 2.55. The van der Waals surface area contributed by atoms with Crippen LogP contribution in [0.15, 0.2) is 10.9 Å². The molecule has 4 heterocycles. The Balaban J connectivity index is 1.51. The van der Waals surface area contributed by atoms with Gasteiger partial charge in [-0.1, -0.05) is 20.8 Å². The van der Waals surface area contributed by atoms with E-state index in [0.717, 1.165) is 64.7 Å². The van der Waals surface area contributed by atoms with Gasteiger partial charge in [0.05, 0.1) is 5.69 Å². The number of aromatic hydroxyl groups is 1. The van der Waals surface area contributed by atoms with Crippen molar-refractivity contribution in [1.29, 1.82) is 0 Å². The molecule has 1 saturated carbocycles. The lowest BCUT2D eigenvalue weighted by molar-refractivity contribution is -0.131. The number of fused-ring (bicyclic) bond motifs is 1. The molecule has 2 aromatic heterocycles. The van der Waals surface area contributed by atoms with Gasteiger partial charge in [0, 0.05) is 49.4 Å². The van der Waals surface area contributed by atoms with E-state index >= 15 is 0 Å². The largest absolute Gasteiger partial charge is 0.494 e. The van der Waals surface area contributed by atoms with Crippen molar-refractivity contribution in [3.8, 4) is 5.88 Å². The van der Waals surface area contributed by atoms with Crippen molar-refractivity contribution in [3.05, 3.63) is 33.3 Å². The molecule has 1 aliphatic carbocycles. The number of nitrogens with zero attached hydrogens (tertiary/aromatic N) is 5. The Bertz CT molecular complexity index is 1330. The maximum Gasteiger partial charge on any atom is 0.291 e. The fourth-order valence-electron chi connectivity index (χ4n) is 6.11. The molecule has 2 aliphatic heterocycles. The highest BCUT2D eigenvalue weighted by Crippen LogP contribution is 2.38. The summed E-state index contributed by atoms with van der Waals surface area (Å²) in [6.45, 7) is 12.1. The van der Waals surface area contributed by atoms with E-state index in [9.17, 15) is 19.5 Å². The maximum absolute atomic E-state index is 13.5. The minimum absolute atomic E-state index is 0.0337. The summed E-state index contributed by atoms with van der Waals surface area (Å²) in [4.78, 5) is 44.2. The summed E-state index contributed by atoms with van der Waals surface area (Å²) in [5.41, 5.74) is 0.496. The summed E-state index contributed by atoms with van der Waals surface area (Å²) in [5, 5.41) is 18.4. The number of nitrogens with one attached hydrogen (secondary N) is 1. The molecule has 2 amide bonds. The smallest absolute Gasteiger partial charge is 0.291 e. The first-order chi connectivity index (χ1) is 18.1. The highest BCUT2D eigenvalue weighted by Gasteiger charge is 2.44. The molecule has 2 aromatic rings. The topological polar surface area (TPSA) is 112 Å². The molecule has 3 fully saturated rings. The van der Waals surface area contributed by atoms with Crippen LogP contribution in [0.3, 0.4) is 0 Å². The summed E-state index contributed by atoms with van der Waals surface area (Å²) < 4.78 is 2.77. The minimum atomic E-state index is -0.661. The van der Waals surface area contributed by atoms with Crippen LogP contribution in [-0.4, -0.2) is 78.7 Å². The number of carbonyl (C=O) groups excluding carboxylic acids is 2. The zero-order valence-corrected chi connectivity index (χ0v) is 23.0. The number of aryl methyl sites for hydroxylation is 1. The van der Waals surface area contributed by atoms with Gasteiger partial charge in [0.1, 0.15) is 5.65 Å². The molecule has 206 valence electrons. The molecule has 5 rings (SSSR count). The number of amides is 2. The zero-order valence-electron chi connectivity index (χ0n) is 23.0. The highest BCUT2D eigenvalue weighted by molar-refractivity contribution is 5.97. The molecule has 2 N–H and O–H groups in total. The van der Waals surface area contributed by atoms with Crippen LogP contribution in [0, 0.1) is 12.8 Å². The summed E-state index contributed by atoms with van der Waals surface area (Å²) >= 11 is 0. The molecule has 2 saturated heterocycles. The van der Waals surface area contributed by atoms with E-state index in [-0.39, 0.29) is 34.8 Å². The predicted molar refractivity (Wildman–Crippen MR) is 145 cm³/mol. The molecule has 1 spiro atoms. The summed E-state index contributed by atoms with van der Waals surface area (Å²) in [6, 6.07) is 0.0440. The lowest BCUT2D eigenvalue weighted by Crippen LogP contribution is -2.53. The fourth-order valence-corrected chi connectivity index (χ4v) is 6.11. The molecule has 0 aromatic carbocycles. The summed E-state index contributed by atoms with van der Waals surface area (Å²) in [7, 11) is 0. The van der Waals surface area contributed by atoms with E-state index in [1.807, 2.05) is 18.7 Å². The van der Waals surface area contributed by atoms with E-state index in [0.29, 0.717) is 23.4 Å². The molecule has 0 atom stereocenters. The standard InChI is InChI=1S/C28H40N6O4/c1-5-31-15-12-28(13-16-31)11-6-14-33(28)22(35)10-9-21-19(4)30-34-25(21)32(17-18(2)3)26(37)23(27(34)38)24(36)29-20-7-8-20/h9-10,18,20,37H,5-8,11-17H2,1-4H3,(H,29,36)/b10-9+. The first-order valence-corrected chi connectivity index (χ1v) is 14.0. The van der Waals surface area contributed by atoms with Gasteiger partial charge in [-0.2, -0.15) is 9.61 Å². The second-order valence-corrected chi connectivity index (χ2v) is 11.6. The SMILES string of the molecule is CCN1CCC2(CCCN2C(=O)/C=C/c2c(C)nn3c(=O)c(C(=O)NC4CC4)c(O)n(CC(C)C)c23)CC1. The highest BCUT2D eigenvalue weighted by atomic mass is 16.3. The third-order valence-corrected chi connectivity index (χ3v) is 8.40. The van der Waals surface area contributed by atoms with Gasteiger partial charge < -0.3 is 20.2 Å². The third kappa shape index (κ3) is 4.74. The summed E-state index contributed by atoms with van der Waals surface area (Å²) in [5.74, 6) is -0.855. The molecule has 10 nitrogen and oxygen atoms in total. The Hall–Kier alpha value is -3.14. The Morgan fingerprint density at radius 3 is 2.53 bits per heavy atom. The number of rotatable bonds is 7. The van der Waals surface area contributed by atoms with Crippen LogP contribution in [0.5, 0.6) is 5.88 Å². The Morgan fingerprint density at radius 2 is 1.89 bits per heavy atom. The molecule has 0 radical (unpaired) electrons. The van der Waals surface area contributed by atoms with Gasteiger partial charge in [0.25, 0.3) is 11.5 Å². The van der Waals surface area contributed by atoms with Gasteiger partial charge in [0.2, 0.25) is 11.8 Å². The van der Waals surface area contributed by atoms with Crippen LogP contribution >= 0.6 is 0 Å². The molecule has 3 aliphatic rings. The van der Waals surface area contributed by atoms with Crippen LogP contribution in [0.25, 0.3) is 11.7 Å². The molecule has 0 bridgehead atoms. The number of likely N-dealkylation sites (tertiary alicyclic amines) is 2. The van der Waals surface area contributed by atoms with Crippen molar-refractivity contribution in [2.45, 2.75) is 84.3 Å². The van der Waals surface area contributed by atoms with Crippen molar-refractivity contribution < 1.29 is 14.7 Å². The van der Waals surface area contributed by atoms with E-state index in [1.54, 1.807) is 23.6 Å². The van der Waals surface area contributed by atoms with E-state index in [4.69, 9.17) is 0 Å². The second-order valence-electron chi connectivity index (χ2n) is 11.6. The van der Waals surface area contributed by atoms with Crippen LogP contribution in [0.1, 0.15) is 80.9 Å². The second kappa shape index (κ2) is 10.2. The number of hydrogen-bond donors (Lipinski definition) is 2. The van der Waals surface area contributed by atoms with Gasteiger partial charge in [-0.15, -0.1) is 0 Å². The fraction of sp³-hybridized carbons (Fsp3) is 0.643. The molecular formula is C28H40N6O4. The summed E-state index contributed by atoms with van der Waals surface area (Å²) in [6.07, 6.45) is 9.06. The molecular weight excluding hydrogens is 484 g/mol. The average molecular weight is 525 g/mol. The van der Waals surface area contributed by atoms with E-state index in [1.165, 1.54) is 4.52 Å². The van der Waals surface area contributed by atoms with Gasteiger partial charge in [-0.25, -0.2) is 0 Å². The first-order valence-electron chi connectivity index (χ1n) is 14.0. The van der Waals surface area contributed by atoms with Crippen LogP contribution in [0.2, 0.25) is 0 Å². The minimum Gasteiger partial charge on any atom is -0.494 e. The monoisotopic (exact) mass is 524 g/mol. The lowest BCUT2D eigenvalue weighted by atomic mass is 9.85. The molecule has 38 heavy (non-hydrogen) atoms.